The number of nitrogens with zero attached hydrogens (tertiary/aromatic N) is 1. The van der Waals surface area contributed by atoms with Crippen LogP contribution in [0.3, 0.4) is 0 Å². The molecule has 1 N–H and O–H groups in total. The van der Waals surface area contributed by atoms with Gasteiger partial charge in [0.05, 0.1) is 33.8 Å². The van der Waals surface area contributed by atoms with Gasteiger partial charge in [0.1, 0.15) is 19.3 Å². The lowest BCUT2D eigenvalue weighted by atomic mass is 10.0. The number of hydrogen-bond donors (Lipinski definition) is 1. The zero-order valence-electron chi connectivity index (χ0n) is 50.6. The summed E-state index contributed by atoms with van der Waals surface area (Å²) in [7, 11) is 1.16. The van der Waals surface area contributed by atoms with E-state index in [1.54, 1.807) is 0 Å². The number of phosphoric acid groups is 1. The van der Waals surface area contributed by atoms with E-state index in [-0.39, 0.29) is 24.9 Å². The summed E-state index contributed by atoms with van der Waals surface area (Å²) in [5.41, 5.74) is 0. The monoisotopic (exact) mass is 1090 g/mol. The van der Waals surface area contributed by atoms with E-state index in [0.29, 0.717) is 23.9 Å². The first-order chi connectivity index (χ1) is 37.4. The molecule has 444 valence electrons. The average Bonchev–Trinajstić information content (AvgIpc) is 3.39. The molecule has 9 nitrogen and oxygen atoms in total. The minimum absolute atomic E-state index is 0.0301. The van der Waals surface area contributed by atoms with Gasteiger partial charge in [-0.05, 0) is 96.0 Å². The number of unbranched alkanes of at least 4 members (excludes halogenated alkanes) is 28. The van der Waals surface area contributed by atoms with Crippen molar-refractivity contribution in [2.75, 3.05) is 40.9 Å². The Morgan fingerprint density at radius 3 is 1.38 bits per heavy atom. The fraction of sp³-hybridized carbons (Fsp3) is 0.731. The Bertz CT molecular complexity index is 1640. The number of rotatable bonds is 56. The summed E-state index contributed by atoms with van der Waals surface area (Å²) in [5, 5.41) is 3.02. The predicted octanol–water partition coefficient (Wildman–Crippen LogP) is 18.9. The number of carbonyl (C=O) groups is 2. The Kier molecular flexibility index (Phi) is 54.0. The predicted molar refractivity (Wildman–Crippen MR) is 330 cm³/mol. The molecule has 3 unspecified atom stereocenters. The number of nitrogens with one attached hydrogen (secondary N) is 1. The second-order valence-corrected chi connectivity index (χ2v) is 23.6. The van der Waals surface area contributed by atoms with Crippen LogP contribution in [0.25, 0.3) is 0 Å². The van der Waals surface area contributed by atoms with E-state index < -0.39 is 26.6 Å². The molecule has 0 fully saturated rings. The molecule has 1 amide bonds. The van der Waals surface area contributed by atoms with Crippen LogP contribution in [-0.4, -0.2) is 69.4 Å². The molecule has 0 aliphatic carbocycles. The van der Waals surface area contributed by atoms with Crippen molar-refractivity contribution in [3.63, 3.8) is 0 Å². The highest BCUT2D eigenvalue weighted by atomic mass is 31.2. The summed E-state index contributed by atoms with van der Waals surface area (Å²) in [4.78, 5) is 40.0. The van der Waals surface area contributed by atoms with Crippen LogP contribution in [0.5, 0.6) is 0 Å². The van der Waals surface area contributed by atoms with Gasteiger partial charge in [0, 0.05) is 12.8 Å². The Morgan fingerprint density at radius 1 is 0.481 bits per heavy atom. The van der Waals surface area contributed by atoms with Crippen molar-refractivity contribution in [2.24, 2.45) is 0 Å². The van der Waals surface area contributed by atoms with Crippen LogP contribution in [0, 0.1) is 0 Å². The van der Waals surface area contributed by atoms with E-state index >= 15 is 0 Å². The largest absolute Gasteiger partial charge is 0.756 e. The van der Waals surface area contributed by atoms with Crippen molar-refractivity contribution in [1.29, 1.82) is 0 Å². The summed E-state index contributed by atoms with van der Waals surface area (Å²) < 4.78 is 30.3. The number of phosphoric ester groups is 1. The minimum Gasteiger partial charge on any atom is -0.756 e. The van der Waals surface area contributed by atoms with Gasteiger partial charge in [-0.25, -0.2) is 0 Å². The molecule has 0 spiro atoms. The van der Waals surface area contributed by atoms with Gasteiger partial charge in [0.2, 0.25) is 5.91 Å². The molecule has 3 atom stereocenters. The molecule has 77 heavy (non-hydrogen) atoms. The number of likely N-dealkylation sites (N-methyl/N-ethyl adjacent to an activating group) is 1. The van der Waals surface area contributed by atoms with Gasteiger partial charge in [0.15, 0.2) is 0 Å². The first-order valence-electron chi connectivity index (χ1n) is 31.6. The Morgan fingerprint density at radius 2 is 0.883 bits per heavy atom. The Hall–Kier alpha value is -3.07. The smallest absolute Gasteiger partial charge is 0.306 e. The summed E-state index contributed by atoms with van der Waals surface area (Å²) in [6.45, 7) is 6.66. The second-order valence-electron chi connectivity index (χ2n) is 22.2. The van der Waals surface area contributed by atoms with Crippen LogP contribution in [0.15, 0.2) is 97.2 Å². The van der Waals surface area contributed by atoms with Gasteiger partial charge in [0.25, 0.3) is 7.82 Å². The van der Waals surface area contributed by atoms with Crippen molar-refractivity contribution >= 4 is 19.7 Å². The Balaban J connectivity index is 5.15. The number of ether oxygens (including phenoxy) is 1. The van der Waals surface area contributed by atoms with Crippen LogP contribution in [0.4, 0.5) is 0 Å². The van der Waals surface area contributed by atoms with Crippen LogP contribution in [0.2, 0.25) is 0 Å². The first kappa shape index (κ1) is 73.9. The number of allylic oxidation sites excluding steroid dienone is 15. The maximum Gasteiger partial charge on any atom is 0.306 e. The SMILES string of the molecule is CC/C=C/C=C/C=C/CCCCCCCCCC(=O)OC(/C=C\CCCCCCCCCCC)C(COP(=O)([O-])OCC[N+](C)(C)C)NC(=O)CCCCCCCCCCC/C=C\C/C=C\C/C=C\C/C=C\CCCCC. The standard InChI is InChI=1S/C67H119N2O7P/c1-7-10-13-16-19-22-25-27-29-30-31-32-33-34-35-36-37-38-40-41-44-47-50-53-56-59-66(70)68-64(63-75-77(72,73)74-62-61-69(4,5)6)65(58-55-52-49-46-43-24-21-18-15-12-9-3)76-67(71)60-57-54-51-48-45-42-39-28-26-23-20-17-14-11-8-2/h11,14,17,19-20,22-23,26-27,29,31-32,34-35,55,58,64-65H,7-10,12-13,15-16,18,21,24-25,28,30,33,36-54,56-57,59-63H2,1-6H3,(H-,68,70,72,73)/b14-11+,20-17+,22-19-,26-23+,29-27-,32-31-,35-34-,58-55-. The van der Waals surface area contributed by atoms with Gasteiger partial charge >= 0.3 is 5.97 Å². The molecule has 0 rings (SSSR count). The van der Waals surface area contributed by atoms with Crippen LogP contribution in [0.1, 0.15) is 265 Å². The fourth-order valence-electron chi connectivity index (χ4n) is 8.68. The van der Waals surface area contributed by atoms with E-state index in [1.807, 2.05) is 33.3 Å². The lowest BCUT2D eigenvalue weighted by Gasteiger charge is -2.30. The normalized spacial score (nSPS) is 14.3. The number of amides is 1. The average molecular weight is 1100 g/mol. The zero-order valence-corrected chi connectivity index (χ0v) is 51.5. The second kappa shape index (κ2) is 56.2. The minimum atomic E-state index is -4.71. The molecule has 0 aliphatic rings. The number of quaternary nitrogens is 1. The molecule has 0 saturated heterocycles. The molecule has 0 aromatic rings. The fourth-order valence-corrected chi connectivity index (χ4v) is 9.40. The van der Waals surface area contributed by atoms with Gasteiger partial charge in [-0.2, -0.15) is 0 Å². The highest BCUT2D eigenvalue weighted by molar-refractivity contribution is 7.45. The van der Waals surface area contributed by atoms with Crippen molar-refractivity contribution in [3.8, 4) is 0 Å². The molecule has 0 aromatic carbocycles. The highest BCUT2D eigenvalue weighted by Gasteiger charge is 2.27. The maximum atomic E-state index is 13.5. The quantitative estimate of drug-likeness (QED) is 0.0161. The van der Waals surface area contributed by atoms with Crippen molar-refractivity contribution in [2.45, 2.75) is 277 Å². The van der Waals surface area contributed by atoms with E-state index in [4.69, 9.17) is 13.8 Å². The third-order valence-corrected chi connectivity index (χ3v) is 14.5. The summed E-state index contributed by atoms with van der Waals surface area (Å²) >= 11 is 0. The van der Waals surface area contributed by atoms with E-state index in [9.17, 15) is 19.0 Å². The number of esters is 1. The molecular weight excluding hydrogens is 976 g/mol. The van der Waals surface area contributed by atoms with E-state index in [0.717, 1.165) is 103 Å². The molecule has 0 saturated carbocycles. The number of carbonyl (C=O) groups excluding carboxylic acids is 2. The third kappa shape index (κ3) is 57.4. The summed E-state index contributed by atoms with van der Waals surface area (Å²) in [6.07, 6.45) is 75.2. The highest BCUT2D eigenvalue weighted by Crippen LogP contribution is 2.38. The lowest BCUT2D eigenvalue weighted by molar-refractivity contribution is -0.870. The first-order valence-corrected chi connectivity index (χ1v) is 33.0. The van der Waals surface area contributed by atoms with Gasteiger partial charge in [-0.3, -0.25) is 14.2 Å². The lowest BCUT2D eigenvalue weighted by Crippen LogP contribution is -2.47. The van der Waals surface area contributed by atoms with Crippen LogP contribution >= 0.6 is 7.82 Å². The number of hydrogen-bond acceptors (Lipinski definition) is 7. The maximum absolute atomic E-state index is 13.5. The summed E-state index contributed by atoms with van der Waals surface area (Å²) in [5.74, 6) is -0.565. The molecule has 0 radical (unpaired) electrons. The third-order valence-electron chi connectivity index (χ3n) is 13.6. The topological polar surface area (TPSA) is 114 Å². The van der Waals surface area contributed by atoms with Crippen molar-refractivity contribution in [1.82, 2.24) is 5.32 Å². The molecule has 0 aliphatic heterocycles. The van der Waals surface area contributed by atoms with Crippen molar-refractivity contribution < 1.29 is 37.3 Å². The van der Waals surface area contributed by atoms with E-state index in [2.05, 4.69) is 111 Å². The van der Waals surface area contributed by atoms with Gasteiger partial charge in [-0.15, -0.1) is 0 Å². The zero-order chi connectivity index (χ0) is 56.4. The Labute approximate surface area is 475 Å². The molecule has 0 bridgehead atoms. The molecule has 0 heterocycles. The van der Waals surface area contributed by atoms with Gasteiger partial charge in [-0.1, -0.05) is 253 Å². The van der Waals surface area contributed by atoms with Gasteiger partial charge < -0.3 is 28.5 Å². The van der Waals surface area contributed by atoms with Crippen molar-refractivity contribution in [3.05, 3.63) is 97.2 Å². The van der Waals surface area contributed by atoms with E-state index in [1.165, 1.54) is 122 Å². The molecule has 10 heteroatoms. The van der Waals surface area contributed by atoms with Crippen LogP contribution in [-0.2, 0) is 27.9 Å². The molecule has 0 aromatic heterocycles. The summed E-state index contributed by atoms with van der Waals surface area (Å²) in [6, 6.07) is -0.902. The molecular formula is C67H119N2O7P. The van der Waals surface area contributed by atoms with Crippen LogP contribution < -0.4 is 10.2 Å².